The lowest BCUT2D eigenvalue weighted by Crippen LogP contribution is -2.28. The van der Waals surface area contributed by atoms with Crippen LogP contribution in [0.5, 0.6) is 0 Å². The van der Waals surface area contributed by atoms with Crippen LogP contribution in [-0.4, -0.2) is 35.1 Å². The first-order valence-corrected chi connectivity index (χ1v) is 6.97. The van der Waals surface area contributed by atoms with E-state index < -0.39 is 35.0 Å². The van der Waals surface area contributed by atoms with Crippen molar-refractivity contribution in [2.45, 2.75) is 12.7 Å². The summed E-state index contributed by atoms with van der Waals surface area (Å²) in [5.41, 5.74) is -1.58. The smallest absolute Gasteiger partial charge is 0.416 e. The largest absolute Gasteiger partial charge is 0.464 e. The highest BCUT2D eigenvalue weighted by Gasteiger charge is 2.31. The Kier molecular flexibility index (Phi) is 5.40. The lowest BCUT2D eigenvalue weighted by Gasteiger charge is -2.10. The van der Waals surface area contributed by atoms with Crippen molar-refractivity contribution in [1.82, 2.24) is 14.9 Å². The average molecular weight is 359 g/mol. The summed E-state index contributed by atoms with van der Waals surface area (Å²) in [4.78, 5) is 26.9. The highest BCUT2D eigenvalue weighted by molar-refractivity contribution is 5.94. The molecule has 0 aliphatic heterocycles. The zero-order chi connectivity index (χ0) is 18.6. The van der Waals surface area contributed by atoms with Gasteiger partial charge in [-0.2, -0.15) is 13.2 Å². The van der Waals surface area contributed by atoms with E-state index >= 15 is 0 Å². The summed E-state index contributed by atoms with van der Waals surface area (Å²) in [6.45, 7) is 0.272. The van der Waals surface area contributed by atoms with Gasteiger partial charge in [0.2, 0.25) is 0 Å². The first kappa shape index (κ1) is 18.4. The number of rotatable bonds is 5. The number of nitrogens with one attached hydrogen (secondary N) is 1. The molecule has 0 spiro atoms. The van der Waals surface area contributed by atoms with E-state index in [0.717, 1.165) is 6.07 Å². The van der Waals surface area contributed by atoms with E-state index in [4.69, 9.17) is 0 Å². The quantitative estimate of drug-likeness (QED) is 0.657. The van der Waals surface area contributed by atoms with Gasteiger partial charge in [0.25, 0.3) is 5.91 Å². The number of aromatic nitrogens is 2. The number of ether oxygens (including phenoxy) is 1. The summed E-state index contributed by atoms with van der Waals surface area (Å²) >= 11 is 0. The molecule has 0 unspecified atom stereocenters. The van der Waals surface area contributed by atoms with Crippen LogP contribution in [-0.2, 0) is 17.5 Å². The van der Waals surface area contributed by atoms with Gasteiger partial charge in [-0.3, -0.25) is 4.79 Å². The average Bonchev–Trinajstić information content (AvgIpc) is 3.01. The SMILES string of the molecule is COC(=O)c1cn(CCNC(=O)c2ccc(C(F)(F)F)cc2F)cn1. The molecule has 1 heterocycles. The zero-order valence-corrected chi connectivity index (χ0v) is 12.9. The Bertz CT molecular complexity index is 787. The van der Waals surface area contributed by atoms with Crippen molar-refractivity contribution < 1.29 is 31.9 Å². The predicted molar refractivity (Wildman–Crippen MR) is 77.3 cm³/mol. The third kappa shape index (κ3) is 4.55. The Morgan fingerprint density at radius 3 is 2.64 bits per heavy atom. The fraction of sp³-hybridized carbons (Fsp3) is 0.267. The summed E-state index contributed by atoms with van der Waals surface area (Å²) < 4.78 is 57.1. The minimum absolute atomic E-state index is 0.0519. The molecule has 0 atom stereocenters. The second kappa shape index (κ2) is 7.32. The Balaban J connectivity index is 1.94. The normalized spacial score (nSPS) is 11.2. The lowest BCUT2D eigenvalue weighted by molar-refractivity contribution is -0.137. The van der Waals surface area contributed by atoms with Crippen molar-refractivity contribution in [1.29, 1.82) is 0 Å². The molecule has 1 amide bonds. The van der Waals surface area contributed by atoms with E-state index in [1.165, 1.54) is 24.2 Å². The number of carbonyl (C=O) groups excluding carboxylic acids is 2. The van der Waals surface area contributed by atoms with Gasteiger partial charge < -0.3 is 14.6 Å². The molecule has 6 nitrogen and oxygen atoms in total. The zero-order valence-electron chi connectivity index (χ0n) is 12.9. The third-order valence-electron chi connectivity index (χ3n) is 3.22. The van der Waals surface area contributed by atoms with Crippen molar-refractivity contribution in [3.05, 3.63) is 53.4 Å². The van der Waals surface area contributed by atoms with E-state index in [2.05, 4.69) is 15.0 Å². The van der Waals surface area contributed by atoms with Crippen LogP contribution in [0.2, 0.25) is 0 Å². The predicted octanol–water partition coefficient (Wildman–Crippen LogP) is 2.26. The number of hydrogen-bond donors (Lipinski definition) is 1. The highest BCUT2D eigenvalue weighted by Crippen LogP contribution is 2.30. The number of nitrogens with zero attached hydrogens (tertiary/aromatic N) is 2. The first-order chi connectivity index (χ1) is 11.7. The van der Waals surface area contributed by atoms with E-state index in [0.29, 0.717) is 6.07 Å². The van der Waals surface area contributed by atoms with Gasteiger partial charge in [0.1, 0.15) is 5.82 Å². The maximum absolute atomic E-state index is 13.7. The molecule has 1 aromatic carbocycles. The van der Waals surface area contributed by atoms with Crippen LogP contribution in [0.4, 0.5) is 17.6 Å². The van der Waals surface area contributed by atoms with Crippen molar-refractivity contribution in [3.63, 3.8) is 0 Å². The summed E-state index contributed by atoms with van der Waals surface area (Å²) in [5, 5.41) is 2.37. The number of imidazole rings is 1. The lowest BCUT2D eigenvalue weighted by atomic mass is 10.1. The van der Waals surface area contributed by atoms with Gasteiger partial charge in [0, 0.05) is 19.3 Å². The fourth-order valence-electron chi connectivity index (χ4n) is 1.96. The topological polar surface area (TPSA) is 73.2 Å². The number of methoxy groups -OCH3 is 1. The minimum Gasteiger partial charge on any atom is -0.464 e. The third-order valence-corrected chi connectivity index (χ3v) is 3.22. The van der Waals surface area contributed by atoms with Gasteiger partial charge >= 0.3 is 12.1 Å². The fourth-order valence-corrected chi connectivity index (χ4v) is 1.96. The van der Waals surface area contributed by atoms with Crippen LogP contribution in [0, 0.1) is 5.82 Å². The summed E-state index contributed by atoms with van der Waals surface area (Å²) in [6, 6.07) is 1.68. The molecule has 0 saturated carbocycles. The van der Waals surface area contributed by atoms with Crippen LogP contribution in [0.15, 0.2) is 30.7 Å². The molecule has 0 radical (unpaired) electrons. The summed E-state index contributed by atoms with van der Waals surface area (Å²) in [7, 11) is 1.21. The molecular weight excluding hydrogens is 346 g/mol. The van der Waals surface area contributed by atoms with Crippen LogP contribution in [0.25, 0.3) is 0 Å². The summed E-state index contributed by atoms with van der Waals surface area (Å²) in [5.74, 6) is -2.72. The van der Waals surface area contributed by atoms with Gasteiger partial charge in [-0.05, 0) is 18.2 Å². The molecule has 134 valence electrons. The van der Waals surface area contributed by atoms with Crippen molar-refractivity contribution in [2.75, 3.05) is 13.7 Å². The highest BCUT2D eigenvalue weighted by atomic mass is 19.4. The molecule has 25 heavy (non-hydrogen) atoms. The minimum atomic E-state index is -4.69. The van der Waals surface area contributed by atoms with Gasteiger partial charge in [-0.15, -0.1) is 0 Å². The monoisotopic (exact) mass is 359 g/mol. The number of esters is 1. The maximum atomic E-state index is 13.7. The second-order valence-electron chi connectivity index (χ2n) is 4.94. The Labute approximate surface area is 139 Å². The Morgan fingerprint density at radius 1 is 1.32 bits per heavy atom. The Morgan fingerprint density at radius 2 is 2.04 bits per heavy atom. The van der Waals surface area contributed by atoms with Crippen LogP contribution in [0.1, 0.15) is 26.4 Å². The van der Waals surface area contributed by atoms with Gasteiger partial charge in [-0.1, -0.05) is 0 Å². The van der Waals surface area contributed by atoms with E-state index in [1.54, 1.807) is 0 Å². The summed E-state index contributed by atoms with van der Waals surface area (Å²) in [6.07, 6.45) is -1.94. The standard InChI is InChI=1S/C15H13F4N3O3/c1-25-14(24)12-7-22(8-21-12)5-4-20-13(23)10-3-2-9(6-11(10)16)15(17,18)19/h2-3,6-8H,4-5H2,1H3,(H,20,23). The maximum Gasteiger partial charge on any atom is 0.416 e. The molecule has 0 aliphatic carbocycles. The number of benzene rings is 1. The van der Waals surface area contributed by atoms with Crippen molar-refractivity contribution in [2.24, 2.45) is 0 Å². The first-order valence-electron chi connectivity index (χ1n) is 6.97. The van der Waals surface area contributed by atoms with Crippen LogP contribution < -0.4 is 5.32 Å². The number of amides is 1. The van der Waals surface area contributed by atoms with Crippen molar-refractivity contribution in [3.8, 4) is 0 Å². The van der Waals surface area contributed by atoms with Gasteiger partial charge in [0.15, 0.2) is 5.69 Å². The number of halogens is 4. The molecule has 1 aromatic heterocycles. The molecular formula is C15H13F4N3O3. The molecule has 0 aliphatic rings. The molecule has 1 N–H and O–H groups in total. The molecule has 0 bridgehead atoms. The second-order valence-corrected chi connectivity index (χ2v) is 4.94. The van der Waals surface area contributed by atoms with Crippen LogP contribution in [0.3, 0.4) is 0 Å². The van der Waals surface area contributed by atoms with E-state index in [1.807, 2.05) is 0 Å². The molecule has 0 saturated heterocycles. The number of carbonyl (C=O) groups is 2. The molecule has 10 heteroatoms. The number of hydrogen-bond acceptors (Lipinski definition) is 4. The Hall–Kier alpha value is -2.91. The van der Waals surface area contributed by atoms with E-state index in [-0.39, 0.29) is 24.8 Å². The van der Waals surface area contributed by atoms with Gasteiger partial charge in [-0.25, -0.2) is 14.2 Å². The van der Waals surface area contributed by atoms with Crippen LogP contribution >= 0.6 is 0 Å². The molecule has 2 rings (SSSR count). The van der Waals surface area contributed by atoms with Crippen molar-refractivity contribution >= 4 is 11.9 Å². The van der Waals surface area contributed by atoms with E-state index in [9.17, 15) is 27.2 Å². The van der Waals surface area contributed by atoms with Gasteiger partial charge in [0.05, 0.1) is 24.6 Å². The molecule has 0 fully saturated rings. The number of alkyl halides is 3. The molecule has 2 aromatic rings.